The van der Waals surface area contributed by atoms with Crippen LogP contribution in [0.15, 0.2) is 0 Å². The van der Waals surface area contributed by atoms with Gasteiger partial charge in [-0.3, -0.25) is 11.3 Å². The van der Waals surface area contributed by atoms with E-state index in [1.807, 2.05) is 0 Å². The molecule has 1 unspecified atom stereocenters. The molecule has 0 aliphatic carbocycles. The molecule has 0 heterocycles. The lowest BCUT2D eigenvalue weighted by atomic mass is 10.0. The van der Waals surface area contributed by atoms with Gasteiger partial charge >= 0.3 is 0 Å². The Morgan fingerprint density at radius 2 is 2.00 bits per heavy atom. The van der Waals surface area contributed by atoms with Crippen molar-refractivity contribution >= 4 is 0 Å². The van der Waals surface area contributed by atoms with Crippen molar-refractivity contribution in [2.45, 2.75) is 46.0 Å². The van der Waals surface area contributed by atoms with Crippen molar-refractivity contribution < 1.29 is 0 Å². The number of nitrogens with two attached hydrogens (primary N) is 1. The molecule has 11 heavy (non-hydrogen) atoms. The van der Waals surface area contributed by atoms with Gasteiger partial charge in [-0.15, -0.1) is 0 Å². The Hall–Kier alpha value is -0.0800. The van der Waals surface area contributed by atoms with E-state index in [0.717, 1.165) is 12.5 Å². The highest BCUT2D eigenvalue weighted by Gasteiger charge is 1.99. The quantitative estimate of drug-likeness (QED) is 0.338. The molecule has 0 bridgehead atoms. The monoisotopic (exact) mass is 158 g/mol. The molecule has 3 N–H and O–H groups in total. The van der Waals surface area contributed by atoms with Crippen LogP contribution < -0.4 is 11.3 Å². The topological polar surface area (TPSA) is 38.0 Å². The van der Waals surface area contributed by atoms with Crippen LogP contribution >= 0.6 is 0 Å². The Balaban J connectivity index is 3.02. The lowest BCUT2D eigenvalue weighted by Crippen LogP contribution is -2.24. The molecule has 0 aromatic heterocycles. The van der Waals surface area contributed by atoms with E-state index in [-0.39, 0.29) is 0 Å². The second-order valence-corrected chi connectivity index (χ2v) is 3.34. The summed E-state index contributed by atoms with van der Waals surface area (Å²) in [5, 5.41) is 0. The highest BCUT2D eigenvalue weighted by Crippen LogP contribution is 2.11. The van der Waals surface area contributed by atoms with Crippen LogP contribution in [-0.4, -0.2) is 6.54 Å². The molecule has 0 fully saturated rings. The van der Waals surface area contributed by atoms with Crippen LogP contribution in [0.1, 0.15) is 46.0 Å². The minimum atomic E-state index is 0.831. The van der Waals surface area contributed by atoms with Crippen LogP contribution in [0.4, 0.5) is 0 Å². The first kappa shape index (κ1) is 10.9. The van der Waals surface area contributed by atoms with Crippen molar-refractivity contribution in [1.82, 2.24) is 5.43 Å². The van der Waals surface area contributed by atoms with Gasteiger partial charge in [-0.2, -0.15) is 0 Å². The van der Waals surface area contributed by atoms with Crippen molar-refractivity contribution in [3.05, 3.63) is 0 Å². The molecule has 0 aliphatic rings. The molecule has 0 aromatic rings. The van der Waals surface area contributed by atoms with Gasteiger partial charge < -0.3 is 0 Å². The van der Waals surface area contributed by atoms with E-state index in [1.165, 1.54) is 32.1 Å². The minimum absolute atomic E-state index is 0.831. The summed E-state index contributed by atoms with van der Waals surface area (Å²) in [5.41, 5.74) is 2.69. The number of unbranched alkanes of at least 4 members (excludes halogenated alkanes) is 2. The molecule has 0 amide bonds. The first-order chi connectivity index (χ1) is 5.31. The molecule has 0 rings (SSSR count). The van der Waals surface area contributed by atoms with E-state index in [4.69, 9.17) is 5.84 Å². The molecule has 0 saturated carbocycles. The molecule has 2 nitrogen and oxygen atoms in total. The average molecular weight is 158 g/mol. The largest absolute Gasteiger partial charge is 0.271 e. The third-order valence-corrected chi connectivity index (χ3v) is 2.08. The van der Waals surface area contributed by atoms with E-state index in [0.29, 0.717) is 0 Å². The van der Waals surface area contributed by atoms with E-state index >= 15 is 0 Å². The second kappa shape index (κ2) is 8.02. The number of hydrogen-bond acceptors (Lipinski definition) is 2. The first-order valence-corrected chi connectivity index (χ1v) is 4.74. The van der Waals surface area contributed by atoms with Crippen molar-refractivity contribution in [3.8, 4) is 0 Å². The molecule has 0 saturated heterocycles. The van der Waals surface area contributed by atoms with Gasteiger partial charge in [0.15, 0.2) is 0 Å². The van der Waals surface area contributed by atoms with Crippen LogP contribution in [0.25, 0.3) is 0 Å². The van der Waals surface area contributed by atoms with Gasteiger partial charge in [0.25, 0.3) is 0 Å². The van der Waals surface area contributed by atoms with Gasteiger partial charge in [0, 0.05) is 6.54 Å². The predicted octanol–water partition coefficient (Wildman–Crippen LogP) is 2.06. The Labute approximate surface area is 70.5 Å². The zero-order valence-corrected chi connectivity index (χ0v) is 7.90. The second-order valence-electron chi connectivity index (χ2n) is 3.34. The highest BCUT2D eigenvalue weighted by molar-refractivity contribution is 4.54. The molecular formula is C9H22N2. The third-order valence-electron chi connectivity index (χ3n) is 2.08. The maximum absolute atomic E-state index is 5.18. The number of hydrazine groups is 1. The summed E-state index contributed by atoms with van der Waals surface area (Å²) in [7, 11) is 0. The van der Waals surface area contributed by atoms with E-state index < -0.39 is 0 Å². The fourth-order valence-electron chi connectivity index (χ4n) is 1.22. The zero-order chi connectivity index (χ0) is 8.53. The number of rotatable bonds is 7. The average Bonchev–Trinajstić information content (AvgIpc) is 2.01. The van der Waals surface area contributed by atoms with Gasteiger partial charge in [-0.25, -0.2) is 0 Å². The number of nitrogens with one attached hydrogen (secondary N) is 1. The summed E-state index contributed by atoms with van der Waals surface area (Å²) in [5.74, 6) is 6.01. The van der Waals surface area contributed by atoms with Crippen LogP contribution in [0.5, 0.6) is 0 Å². The summed E-state index contributed by atoms with van der Waals surface area (Å²) < 4.78 is 0. The predicted molar refractivity (Wildman–Crippen MR) is 50.1 cm³/mol. The molecule has 2 heteroatoms. The van der Waals surface area contributed by atoms with Crippen LogP contribution in [0.2, 0.25) is 0 Å². The van der Waals surface area contributed by atoms with Gasteiger partial charge in [-0.1, -0.05) is 39.5 Å². The SMILES string of the molecule is CCCCCC(C)CCNN. The smallest absolute Gasteiger partial charge is 0.00999 e. The fourth-order valence-corrected chi connectivity index (χ4v) is 1.22. The summed E-state index contributed by atoms with van der Waals surface area (Å²) >= 11 is 0. The van der Waals surface area contributed by atoms with Crippen molar-refractivity contribution in [2.75, 3.05) is 6.54 Å². The van der Waals surface area contributed by atoms with Crippen LogP contribution in [0, 0.1) is 5.92 Å². The van der Waals surface area contributed by atoms with E-state index in [1.54, 1.807) is 0 Å². The van der Waals surface area contributed by atoms with E-state index in [9.17, 15) is 0 Å². The molecule has 68 valence electrons. The molecule has 0 aliphatic heterocycles. The van der Waals surface area contributed by atoms with Crippen LogP contribution in [0.3, 0.4) is 0 Å². The van der Waals surface area contributed by atoms with Crippen molar-refractivity contribution in [2.24, 2.45) is 11.8 Å². The Kier molecular flexibility index (Phi) is 7.96. The molecular weight excluding hydrogens is 136 g/mol. The molecule has 0 radical (unpaired) electrons. The minimum Gasteiger partial charge on any atom is -0.271 e. The van der Waals surface area contributed by atoms with Crippen molar-refractivity contribution in [3.63, 3.8) is 0 Å². The fraction of sp³-hybridized carbons (Fsp3) is 1.00. The first-order valence-electron chi connectivity index (χ1n) is 4.74. The van der Waals surface area contributed by atoms with Gasteiger partial charge in [0.05, 0.1) is 0 Å². The van der Waals surface area contributed by atoms with Crippen molar-refractivity contribution in [1.29, 1.82) is 0 Å². The van der Waals surface area contributed by atoms with Gasteiger partial charge in [-0.05, 0) is 12.3 Å². The Morgan fingerprint density at radius 3 is 2.55 bits per heavy atom. The van der Waals surface area contributed by atoms with E-state index in [2.05, 4.69) is 19.3 Å². The maximum Gasteiger partial charge on any atom is 0.00999 e. The summed E-state index contributed by atoms with van der Waals surface area (Å²) in [4.78, 5) is 0. The summed E-state index contributed by atoms with van der Waals surface area (Å²) in [6.45, 7) is 5.49. The highest BCUT2D eigenvalue weighted by atomic mass is 15.2. The summed E-state index contributed by atoms with van der Waals surface area (Å²) in [6, 6.07) is 0. The van der Waals surface area contributed by atoms with Gasteiger partial charge in [0.2, 0.25) is 0 Å². The third kappa shape index (κ3) is 7.82. The Morgan fingerprint density at radius 1 is 1.27 bits per heavy atom. The number of hydrogen-bond donors (Lipinski definition) is 2. The maximum atomic E-state index is 5.18. The van der Waals surface area contributed by atoms with Gasteiger partial charge in [0.1, 0.15) is 0 Å². The summed E-state index contributed by atoms with van der Waals surface area (Å²) in [6.07, 6.45) is 6.64. The molecule has 1 atom stereocenters. The molecule has 0 aromatic carbocycles. The zero-order valence-electron chi connectivity index (χ0n) is 7.90. The standard InChI is InChI=1S/C9H22N2/c1-3-4-5-6-9(2)7-8-11-10/h9,11H,3-8,10H2,1-2H3. The van der Waals surface area contributed by atoms with Crippen LogP contribution in [-0.2, 0) is 0 Å². The lowest BCUT2D eigenvalue weighted by Gasteiger charge is -2.09. The normalized spacial score (nSPS) is 13.4. The lowest BCUT2D eigenvalue weighted by molar-refractivity contribution is 0.451. The molecule has 0 spiro atoms. The Bertz CT molecular complexity index is 74.0.